The quantitative estimate of drug-likeness (QED) is 0.157. The molecule has 2 amide bonds. The molecule has 5 aromatic rings. The Kier molecular flexibility index (Phi) is 8.17. The first-order valence-electron chi connectivity index (χ1n) is 14.2. The molecule has 45 heavy (non-hydrogen) atoms. The number of carbonyl (C=O) groups excluding carboxylic acids is 2. The third-order valence-electron chi connectivity index (χ3n) is 7.51. The fourth-order valence-electron chi connectivity index (χ4n) is 5.35. The first-order valence-corrected chi connectivity index (χ1v) is 15.1. The molecule has 9 nitrogen and oxygen atoms in total. The first-order chi connectivity index (χ1) is 21.6. The average Bonchev–Trinajstić information content (AvgIpc) is 3.70. The fraction of sp³-hybridized carbons (Fsp3) is 0.212. The number of H-pyrrole nitrogens is 1. The van der Waals surface area contributed by atoms with Gasteiger partial charge < -0.3 is 20.5 Å². The molecule has 1 aliphatic rings. The number of aromatic nitrogens is 3. The SMILES string of the molecule is C=CC(=O)N[C@H](C)c1cc(-c2nc(-c3ccc4c(c3)CNC(=O)C4)c3ccsc3c2-c2c(F)cc(F)cc2OC[C@@H](C)O)n[nH]1. The monoisotopic (exact) mass is 629 g/mol. The van der Waals surface area contributed by atoms with Gasteiger partial charge in [-0.3, -0.25) is 14.7 Å². The molecular weight excluding hydrogens is 600 g/mol. The molecule has 0 spiro atoms. The second-order valence-electron chi connectivity index (χ2n) is 10.8. The van der Waals surface area contributed by atoms with E-state index in [9.17, 15) is 19.1 Å². The maximum atomic E-state index is 15.9. The largest absolute Gasteiger partial charge is 0.490 e. The van der Waals surface area contributed by atoms with Crippen molar-refractivity contribution in [2.24, 2.45) is 0 Å². The van der Waals surface area contributed by atoms with Crippen LogP contribution in [0.5, 0.6) is 5.75 Å². The lowest BCUT2D eigenvalue weighted by Crippen LogP contribution is -2.30. The smallest absolute Gasteiger partial charge is 0.243 e. The van der Waals surface area contributed by atoms with E-state index in [0.29, 0.717) is 39.6 Å². The van der Waals surface area contributed by atoms with Crippen LogP contribution < -0.4 is 15.4 Å². The number of halogens is 2. The van der Waals surface area contributed by atoms with E-state index >= 15 is 4.39 Å². The van der Waals surface area contributed by atoms with E-state index < -0.39 is 23.8 Å². The molecule has 1 aliphatic heterocycles. The van der Waals surface area contributed by atoms with E-state index in [4.69, 9.17) is 9.72 Å². The van der Waals surface area contributed by atoms with Crippen LogP contribution in [0.25, 0.3) is 43.9 Å². The topological polar surface area (TPSA) is 129 Å². The van der Waals surface area contributed by atoms with Gasteiger partial charge in [0.1, 0.15) is 35.4 Å². The number of nitrogens with zero attached hydrogens (tertiary/aromatic N) is 2. The molecule has 0 bridgehead atoms. The number of amides is 2. The minimum atomic E-state index is -0.888. The Morgan fingerprint density at radius 1 is 1.16 bits per heavy atom. The number of benzene rings is 2. The van der Waals surface area contributed by atoms with Crippen molar-refractivity contribution < 1.29 is 28.2 Å². The normalized spacial score (nSPS) is 14.0. The molecule has 4 N–H and O–H groups in total. The Bertz CT molecular complexity index is 1970. The molecule has 0 fully saturated rings. The zero-order valence-corrected chi connectivity index (χ0v) is 25.2. The molecule has 0 saturated heterocycles. The lowest BCUT2D eigenvalue weighted by atomic mass is 9.93. The van der Waals surface area contributed by atoms with Crippen LogP contribution in [0.15, 0.2) is 60.5 Å². The number of nitrogens with one attached hydrogen (secondary N) is 3. The van der Waals surface area contributed by atoms with Gasteiger partial charge in [0.25, 0.3) is 0 Å². The summed E-state index contributed by atoms with van der Waals surface area (Å²) in [7, 11) is 0. The number of ether oxygens (including phenoxy) is 1. The van der Waals surface area contributed by atoms with Gasteiger partial charge in [-0.05, 0) is 54.6 Å². The van der Waals surface area contributed by atoms with Crippen LogP contribution in [-0.4, -0.2) is 44.8 Å². The molecule has 4 heterocycles. The summed E-state index contributed by atoms with van der Waals surface area (Å²) in [4.78, 5) is 29.0. The maximum Gasteiger partial charge on any atom is 0.243 e. The number of aliphatic hydroxyl groups excluding tert-OH is 1. The summed E-state index contributed by atoms with van der Waals surface area (Å²) in [5.74, 6) is -2.20. The minimum Gasteiger partial charge on any atom is -0.490 e. The van der Waals surface area contributed by atoms with Gasteiger partial charge >= 0.3 is 0 Å². The minimum absolute atomic E-state index is 0.0238. The lowest BCUT2D eigenvalue weighted by molar-refractivity contribution is -0.121. The number of hydrogen-bond acceptors (Lipinski definition) is 7. The van der Waals surface area contributed by atoms with E-state index in [2.05, 4.69) is 27.4 Å². The van der Waals surface area contributed by atoms with E-state index in [-0.39, 0.29) is 36.2 Å². The van der Waals surface area contributed by atoms with Crippen LogP contribution in [0.1, 0.15) is 36.7 Å². The van der Waals surface area contributed by atoms with Crippen molar-refractivity contribution in [3.05, 3.63) is 89.0 Å². The predicted octanol–water partition coefficient (Wildman–Crippen LogP) is 5.59. The van der Waals surface area contributed by atoms with Gasteiger partial charge in [-0.1, -0.05) is 18.7 Å². The van der Waals surface area contributed by atoms with Crippen LogP contribution >= 0.6 is 11.3 Å². The third kappa shape index (κ3) is 5.94. The van der Waals surface area contributed by atoms with Crippen LogP contribution in [0.4, 0.5) is 8.78 Å². The molecular formula is C33H29F2N5O4S. The van der Waals surface area contributed by atoms with E-state index in [0.717, 1.165) is 34.2 Å². The molecule has 0 unspecified atom stereocenters. The summed E-state index contributed by atoms with van der Waals surface area (Å²) < 4.78 is 36.8. The number of carbonyl (C=O) groups is 2. The highest BCUT2D eigenvalue weighted by molar-refractivity contribution is 7.18. The molecule has 0 saturated carbocycles. The van der Waals surface area contributed by atoms with Crippen LogP contribution in [0.3, 0.4) is 0 Å². The van der Waals surface area contributed by atoms with Crippen molar-refractivity contribution in [1.29, 1.82) is 0 Å². The summed E-state index contributed by atoms with van der Waals surface area (Å²) in [5, 5.41) is 25.6. The highest BCUT2D eigenvalue weighted by atomic mass is 32.1. The Balaban J connectivity index is 1.60. The number of fused-ring (bicyclic) bond motifs is 2. The zero-order chi connectivity index (χ0) is 31.8. The van der Waals surface area contributed by atoms with Crippen molar-refractivity contribution in [1.82, 2.24) is 25.8 Å². The van der Waals surface area contributed by atoms with E-state index in [1.807, 2.05) is 29.6 Å². The first kappa shape index (κ1) is 30.1. The van der Waals surface area contributed by atoms with Gasteiger partial charge in [0.15, 0.2) is 0 Å². The van der Waals surface area contributed by atoms with Crippen LogP contribution in [0.2, 0.25) is 0 Å². The Hall–Kier alpha value is -4.94. The molecule has 12 heteroatoms. The van der Waals surface area contributed by atoms with Crippen molar-refractivity contribution in [2.45, 2.75) is 39.0 Å². The lowest BCUT2D eigenvalue weighted by Gasteiger charge is -2.19. The van der Waals surface area contributed by atoms with Gasteiger partial charge in [-0.15, -0.1) is 11.3 Å². The molecule has 6 rings (SSSR count). The van der Waals surface area contributed by atoms with E-state index in [1.165, 1.54) is 24.3 Å². The van der Waals surface area contributed by atoms with E-state index in [1.54, 1.807) is 13.0 Å². The standard InChI is InChI=1S/C33H29F2N5O4S/c1-4-27(42)37-17(3)24-13-25(40-39-24)32-30(29-23(35)11-21(34)12-26(29)44-15-16(2)41)33-22(7-8-45-33)31(38-32)19-6-5-18-10-28(43)36-14-20(18)9-19/h4-9,11-13,16-17,41H,1,10,14-15H2,2-3H3,(H,36,43)(H,37,42)(H,39,40)/t16-,17-/m1/s1. The number of aliphatic hydroxyl groups is 1. The zero-order valence-electron chi connectivity index (χ0n) is 24.4. The molecule has 0 radical (unpaired) electrons. The predicted molar refractivity (Wildman–Crippen MR) is 167 cm³/mol. The Morgan fingerprint density at radius 3 is 2.76 bits per heavy atom. The summed E-state index contributed by atoms with van der Waals surface area (Å²) >= 11 is 1.36. The highest BCUT2D eigenvalue weighted by Gasteiger charge is 2.27. The fourth-order valence-corrected chi connectivity index (χ4v) is 6.30. The number of hydrogen-bond donors (Lipinski definition) is 4. The van der Waals surface area contributed by atoms with Gasteiger partial charge in [0.2, 0.25) is 11.8 Å². The summed E-state index contributed by atoms with van der Waals surface area (Å²) in [5.41, 5.74) is 4.82. The van der Waals surface area contributed by atoms with Crippen LogP contribution in [0, 0.1) is 11.6 Å². The van der Waals surface area contributed by atoms with Crippen LogP contribution in [-0.2, 0) is 22.6 Å². The van der Waals surface area contributed by atoms with Crippen molar-refractivity contribution in [3.63, 3.8) is 0 Å². The maximum absolute atomic E-state index is 15.9. The van der Waals surface area contributed by atoms with Crippen molar-refractivity contribution in [3.8, 4) is 39.5 Å². The Labute approximate surface area is 261 Å². The molecule has 3 aromatic heterocycles. The van der Waals surface area contributed by atoms with Gasteiger partial charge in [-0.2, -0.15) is 5.10 Å². The summed E-state index contributed by atoms with van der Waals surface area (Å²) in [6.45, 7) is 6.97. The highest BCUT2D eigenvalue weighted by Crippen LogP contribution is 2.47. The summed E-state index contributed by atoms with van der Waals surface area (Å²) in [6, 6.07) is 10.8. The molecule has 230 valence electrons. The van der Waals surface area contributed by atoms with Gasteiger partial charge in [-0.25, -0.2) is 13.8 Å². The van der Waals surface area contributed by atoms with Crippen molar-refractivity contribution >= 4 is 33.2 Å². The number of thiophene rings is 1. The molecule has 2 aromatic carbocycles. The Morgan fingerprint density at radius 2 is 1.98 bits per heavy atom. The summed E-state index contributed by atoms with van der Waals surface area (Å²) in [6.07, 6.45) is 0.568. The molecule has 2 atom stereocenters. The third-order valence-corrected chi connectivity index (χ3v) is 8.45. The van der Waals surface area contributed by atoms with Gasteiger partial charge in [0, 0.05) is 39.9 Å². The second-order valence-corrected chi connectivity index (χ2v) is 11.8. The van der Waals surface area contributed by atoms with Gasteiger partial charge in [0.05, 0.1) is 35.5 Å². The number of rotatable bonds is 9. The number of pyridine rings is 1. The average molecular weight is 630 g/mol. The van der Waals surface area contributed by atoms with Crippen molar-refractivity contribution in [2.75, 3.05) is 6.61 Å². The second kappa shape index (κ2) is 12.2. The number of aromatic amines is 1. The molecule has 0 aliphatic carbocycles.